The number of nitrogens with zero attached hydrogens (tertiary/aromatic N) is 2. The molecule has 3 nitrogen and oxygen atoms in total. The first-order valence-electron chi connectivity index (χ1n) is 7.70. The number of rotatable bonds is 5. The van der Waals surface area contributed by atoms with Gasteiger partial charge in [-0.3, -0.25) is 0 Å². The van der Waals surface area contributed by atoms with E-state index in [2.05, 4.69) is 11.0 Å². The van der Waals surface area contributed by atoms with Crippen molar-refractivity contribution in [2.75, 3.05) is 26.2 Å². The molecule has 2 fully saturated rings. The first kappa shape index (κ1) is 13.5. The Labute approximate surface area is 121 Å². The van der Waals surface area contributed by atoms with E-state index < -0.39 is 0 Å². The van der Waals surface area contributed by atoms with Crippen molar-refractivity contribution in [2.45, 2.75) is 25.7 Å². The third-order valence-electron chi connectivity index (χ3n) is 4.67. The van der Waals surface area contributed by atoms with E-state index in [9.17, 15) is 0 Å². The third kappa shape index (κ3) is 3.13. The Hall–Kier alpha value is -1.53. The van der Waals surface area contributed by atoms with Crippen molar-refractivity contribution in [2.24, 2.45) is 11.8 Å². The molecule has 0 N–H and O–H groups in total. The highest BCUT2D eigenvalue weighted by molar-refractivity contribution is 5.34. The molecule has 0 unspecified atom stereocenters. The van der Waals surface area contributed by atoms with Crippen molar-refractivity contribution >= 4 is 0 Å². The molecule has 106 valence electrons. The van der Waals surface area contributed by atoms with Gasteiger partial charge in [-0.25, -0.2) is 0 Å². The van der Waals surface area contributed by atoms with Gasteiger partial charge in [0.05, 0.1) is 18.2 Å². The summed E-state index contributed by atoms with van der Waals surface area (Å²) >= 11 is 0. The fourth-order valence-electron chi connectivity index (χ4n) is 3.62. The molecule has 1 saturated carbocycles. The fourth-order valence-corrected chi connectivity index (χ4v) is 3.62. The quantitative estimate of drug-likeness (QED) is 0.772. The Bertz CT molecular complexity index is 465. The molecule has 0 radical (unpaired) electrons. The molecule has 20 heavy (non-hydrogen) atoms. The van der Waals surface area contributed by atoms with Gasteiger partial charge in [-0.1, -0.05) is 6.42 Å². The average Bonchev–Trinajstić information content (AvgIpc) is 3.05. The Morgan fingerprint density at radius 1 is 1.15 bits per heavy atom. The molecular formula is C17H22N2O. The van der Waals surface area contributed by atoms with E-state index in [0.29, 0.717) is 5.56 Å². The Balaban J connectivity index is 1.35. The van der Waals surface area contributed by atoms with E-state index in [1.165, 1.54) is 32.4 Å². The maximum atomic E-state index is 8.74. The predicted octanol–water partition coefficient (Wildman–Crippen LogP) is 3.06. The molecule has 2 atom stereocenters. The van der Waals surface area contributed by atoms with Crippen LogP contribution in [0.3, 0.4) is 0 Å². The lowest BCUT2D eigenvalue weighted by molar-refractivity contribution is 0.253. The predicted molar refractivity (Wildman–Crippen MR) is 78.5 cm³/mol. The van der Waals surface area contributed by atoms with Gasteiger partial charge >= 0.3 is 0 Å². The summed E-state index contributed by atoms with van der Waals surface area (Å²) in [5.74, 6) is 2.83. The highest BCUT2D eigenvalue weighted by atomic mass is 16.5. The molecule has 1 heterocycles. The van der Waals surface area contributed by atoms with Crippen molar-refractivity contribution in [3.05, 3.63) is 29.8 Å². The summed E-state index contributed by atoms with van der Waals surface area (Å²) in [6.45, 7) is 4.53. The van der Waals surface area contributed by atoms with E-state index >= 15 is 0 Å². The van der Waals surface area contributed by atoms with Crippen LogP contribution in [0.2, 0.25) is 0 Å². The van der Waals surface area contributed by atoms with Crippen molar-refractivity contribution in [3.63, 3.8) is 0 Å². The average molecular weight is 270 g/mol. The maximum Gasteiger partial charge on any atom is 0.119 e. The zero-order valence-corrected chi connectivity index (χ0v) is 11.9. The van der Waals surface area contributed by atoms with Gasteiger partial charge < -0.3 is 9.64 Å². The second-order valence-corrected chi connectivity index (χ2v) is 6.05. The molecular weight excluding hydrogens is 248 g/mol. The van der Waals surface area contributed by atoms with Crippen LogP contribution in [0.1, 0.15) is 31.2 Å². The molecule has 1 aromatic carbocycles. The van der Waals surface area contributed by atoms with Crippen molar-refractivity contribution in [1.29, 1.82) is 5.26 Å². The SMILES string of the molecule is N#Cc1ccc(OCCCN2C[C@H]3CCC[C@H]3C2)cc1. The number of hydrogen-bond acceptors (Lipinski definition) is 3. The molecule has 3 rings (SSSR count). The van der Waals surface area contributed by atoms with Crippen LogP contribution in [0, 0.1) is 23.2 Å². The largest absolute Gasteiger partial charge is 0.494 e. The Morgan fingerprint density at radius 3 is 2.50 bits per heavy atom. The Morgan fingerprint density at radius 2 is 1.85 bits per heavy atom. The van der Waals surface area contributed by atoms with Crippen LogP contribution in [0.4, 0.5) is 0 Å². The van der Waals surface area contributed by atoms with E-state index in [0.717, 1.165) is 37.2 Å². The smallest absolute Gasteiger partial charge is 0.119 e. The minimum Gasteiger partial charge on any atom is -0.494 e. The second-order valence-electron chi connectivity index (χ2n) is 6.05. The van der Waals surface area contributed by atoms with Gasteiger partial charge in [0.15, 0.2) is 0 Å². The number of benzene rings is 1. The lowest BCUT2D eigenvalue weighted by Gasteiger charge is -2.16. The molecule has 0 amide bonds. The van der Waals surface area contributed by atoms with Crippen LogP contribution in [0.15, 0.2) is 24.3 Å². The topological polar surface area (TPSA) is 36.3 Å². The summed E-state index contributed by atoms with van der Waals surface area (Å²) in [5, 5.41) is 8.74. The lowest BCUT2D eigenvalue weighted by Crippen LogP contribution is -2.24. The van der Waals surface area contributed by atoms with Gasteiger partial charge in [0.2, 0.25) is 0 Å². The fraction of sp³-hybridized carbons (Fsp3) is 0.588. The van der Waals surface area contributed by atoms with Crippen molar-refractivity contribution in [3.8, 4) is 11.8 Å². The zero-order valence-electron chi connectivity index (χ0n) is 11.9. The molecule has 2 aliphatic rings. The normalized spacial score (nSPS) is 25.4. The number of ether oxygens (including phenoxy) is 1. The zero-order chi connectivity index (χ0) is 13.8. The molecule has 0 spiro atoms. The molecule has 0 aromatic heterocycles. The lowest BCUT2D eigenvalue weighted by atomic mass is 10.0. The highest BCUT2D eigenvalue weighted by Gasteiger charge is 2.35. The van der Waals surface area contributed by atoms with Gasteiger partial charge in [0.25, 0.3) is 0 Å². The summed E-state index contributed by atoms with van der Waals surface area (Å²) in [5.41, 5.74) is 0.681. The summed E-state index contributed by atoms with van der Waals surface area (Å²) < 4.78 is 5.72. The van der Waals surface area contributed by atoms with Crippen LogP contribution in [0.5, 0.6) is 5.75 Å². The highest BCUT2D eigenvalue weighted by Crippen LogP contribution is 2.37. The van der Waals surface area contributed by atoms with Gasteiger partial charge in [-0.05, 0) is 55.4 Å². The number of hydrogen-bond donors (Lipinski definition) is 0. The van der Waals surface area contributed by atoms with E-state index in [4.69, 9.17) is 10.00 Å². The molecule has 1 aliphatic heterocycles. The Kier molecular flexibility index (Phi) is 4.22. The standard InChI is InChI=1S/C17H22N2O/c18-11-14-5-7-17(8-6-14)20-10-2-9-19-12-15-3-1-4-16(15)13-19/h5-8,15-16H,1-4,9-10,12-13H2/t15-,16+. The monoisotopic (exact) mass is 270 g/mol. The first-order chi connectivity index (χ1) is 9.85. The van der Waals surface area contributed by atoms with Gasteiger partial charge in [0.1, 0.15) is 5.75 Å². The van der Waals surface area contributed by atoms with Crippen LogP contribution in [0.25, 0.3) is 0 Å². The van der Waals surface area contributed by atoms with Crippen LogP contribution >= 0.6 is 0 Å². The van der Waals surface area contributed by atoms with E-state index in [1.54, 1.807) is 12.1 Å². The summed E-state index contributed by atoms with van der Waals surface area (Å²) in [4.78, 5) is 2.61. The first-order valence-corrected chi connectivity index (χ1v) is 7.70. The number of nitriles is 1. The van der Waals surface area contributed by atoms with E-state index in [-0.39, 0.29) is 0 Å². The summed E-state index contributed by atoms with van der Waals surface area (Å²) in [7, 11) is 0. The van der Waals surface area contributed by atoms with Gasteiger partial charge in [0, 0.05) is 19.6 Å². The molecule has 1 aliphatic carbocycles. The third-order valence-corrected chi connectivity index (χ3v) is 4.67. The van der Waals surface area contributed by atoms with Crippen LogP contribution in [-0.2, 0) is 0 Å². The van der Waals surface area contributed by atoms with Gasteiger partial charge in [-0.15, -0.1) is 0 Å². The molecule has 3 heteroatoms. The minimum absolute atomic E-state index is 0.681. The number of fused-ring (bicyclic) bond motifs is 1. The van der Waals surface area contributed by atoms with Crippen LogP contribution in [-0.4, -0.2) is 31.1 Å². The second kappa shape index (κ2) is 6.28. The maximum absolute atomic E-state index is 8.74. The van der Waals surface area contributed by atoms with Crippen molar-refractivity contribution in [1.82, 2.24) is 4.90 Å². The van der Waals surface area contributed by atoms with Gasteiger partial charge in [-0.2, -0.15) is 5.26 Å². The summed E-state index contributed by atoms with van der Waals surface area (Å²) in [6, 6.07) is 9.47. The molecule has 0 bridgehead atoms. The molecule has 1 aromatic rings. The minimum atomic E-state index is 0.681. The molecule has 1 saturated heterocycles. The van der Waals surface area contributed by atoms with Crippen molar-refractivity contribution < 1.29 is 4.74 Å². The number of likely N-dealkylation sites (tertiary alicyclic amines) is 1. The summed E-state index contributed by atoms with van der Waals surface area (Å²) in [6.07, 6.45) is 5.43. The van der Waals surface area contributed by atoms with Crippen LogP contribution < -0.4 is 4.74 Å². The van der Waals surface area contributed by atoms with E-state index in [1.807, 2.05) is 12.1 Å².